The zero-order valence-corrected chi connectivity index (χ0v) is 12.9. The number of unbranched alkanes of at least 4 members (excludes halogenated alkanes) is 2. The second-order valence-corrected chi connectivity index (χ2v) is 6.54. The van der Waals surface area contributed by atoms with Crippen LogP contribution >= 0.6 is 23.5 Å². The molecule has 1 atom stereocenters. The van der Waals surface area contributed by atoms with Crippen LogP contribution < -0.4 is 5.32 Å². The monoisotopic (exact) mass is 306 g/mol. The first kappa shape index (κ1) is 16.5. The van der Waals surface area contributed by atoms with Gasteiger partial charge in [0.05, 0.1) is 0 Å². The molecule has 5 nitrogen and oxygen atoms in total. The number of carbonyl (C=O) groups excluding carboxylic acids is 1. The summed E-state index contributed by atoms with van der Waals surface area (Å²) in [6.07, 6.45) is 5.29. The molecule has 19 heavy (non-hydrogen) atoms. The third-order valence-corrected chi connectivity index (χ3v) is 4.70. The van der Waals surface area contributed by atoms with E-state index >= 15 is 0 Å². The molecule has 1 fully saturated rings. The molecule has 0 saturated carbocycles. The first-order valence-electron chi connectivity index (χ1n) is 6.50. The standard InChI is InChI=1S/C12H22N2O3S2/c1-18-7-4-2-3-5-13-12(17)14-6-8-19-9-10(14)11(15)16/h10H,2-9H2,1H3,(H,13,17)(H,15,16). The molecular formula is C12H22N2O3S2. The Kier molecular flexibility index (Phi) is 8.13. The summed E-state index contributed by atoms with van der Waals surface area (Å²) < 4.78 is 0. The van der Waals surface area contributed by atoms with Gasteiger partial charge in [-0.2, -0.15) is 23.5 Å². The van der Waals surface area contributed by atoms with Crippen LogP contribution in [0.1, 0.15) is 19.3 Å². The van der Waals surface area contributed by atoms with E-state index in [2.05, 4.69) is 11.6 Å². The molecule has 1 saturated heterocycles. The number of rotatable bonds is 7. The van der Waals surface area contributed by atoms with E-state index in [1.54, 1.807) is 11.8 Å². The molecule has 0 radical (unpaired) electrons. The number of hydrogen-bond acceptors (Lipinski definition) is 4. The van der Waals surface area contributed by atoms with Crippen LogP contribution in [0.4, 0.5) is 4.79 Å². The van der Waals surface area contributed by atoms with Crippen molar-refractivity contribution in [3.8, 4) is 0 Å². The Labute approximate surface area is 122 Å². The third kappa shape index (κ3) is 5.95. The fraction of sp³-hybridized carbons (Fsp3) is 0.833. The van der Waals surface area contributed by atoms with E-state index in [0.29, 0.717) is 18.8 Å². The SMILES string of the molecule is CSCCCCCNC(=O)N1CCSCC1C(=O)O. The highest BCUT2D eigenvalue weighted by Gasteiger charge is 2.32. The van der Waals surface area contributed by atoms with Crippen LogP contribution in [0, 0.1) is 0 Å². The number of carboxylic acids is 1. The van der Waals surface area contributed by atoms with Gasteiger partial charge in [0, 0.05) is 24.6 Å². The molecule has 0 aromatic rings. The van der Waals surface area contributed by atoms with Crippen molar-refractivity contribution in [1.29, 1.82) is 0 Å². The smallest absolute Gasteiger partial charge is 0.327 e. The molecule has 0 bridgehead atoms. The normalized spacial score (nSPS) is 19.2. The van der Waals surface area contributed by atoms with Gasteiger partial charge in [0.1, 0.15) is 6.04 Å². The fourth-order valence-corrected chi connectivity index (χ4v) is 3.43. The summed E-state index contributed by atoms with van der Waals surface area (Å²) in [5, 5.41) is 11.9. The Balaban J connectivity index is 2.25. The molecule has 7 heteroatoms. The second kappa shape index (κ2) is 9.36. The summed E-state index contributed by atoms with van der Waals surface area (Å²) in [6, 6.07) is -0.923. The van der Waals surface area contributed by atoms with E-state index in [0.717, 1.165) is 30.8 Å². The molecule has 2 amide bonds. The van der Waals surface area contributed by atoms with Crippen LogP contribution in [0.15, 0.2) is 0 Å². The molecule has 1 aliphatic heterocycles. The lowest BCUT2D eigenvalue weighted by Gasteiger charge is -2.32. The summed E-state index contributed by atoms with van der Waals surface area (Å²) in [7, 11) is 0. The molecule has 0 aromatic heterocycles. The number of amides is 2. The van der Waals surface area contributed by atoms with Gasteiger partial charge in [0.2, 0.25) is 0 Å². The predicted octanol–water partition coefficient (Wildman–Crippen LogP) is 1.73. The Bertz CT molecular complexity index is 303. The van der Waals surface area contributed by atoms with E-state index in [4.69, 9.17) is 5.11 Å². The van der Waals surface area contributed by atoms with E-state index in [9.17, 15) is 9.59 Å². The maximum absolute atomic E-state index is 11.9. The summed E-state index contributed by atoms with van der Waals surface area (Å²) >= 11 is 3.41. The highest BCUT2D eigenvalue weighted by molar-refractivity contribution is 7.99. The van der Waals surface area contributed by atoms with Crippen LogP contribution in [0.2, 0.25) is 0 Å². The van der Waals surface area contributed by atoms with Crippen molar-refractivity contribution in [1.82, 2.24) is 10.2 Å². The molecule has 1 rings (SSSR count). The quantitative estimate of drug-likeness (QED) is 0.701. The zero-order valence-electron chi connectivity index (χ0n) is 11.3. The Morgan fingerprint density at radius 1 is 1.42 bits per heavy atom. The van der Waals surface area contributed by atoms with Crippen LogP contribution in [0.25, 0.3) is 0 Å². The summed E-state index contributed by atoms with van der Waals surface area (Å²) in [4.78, 5) is 24.5. The van der Waals surface area contributed by atoms with Crippen molar-refractivity contribution in [3.05, 3.63) is 0 Å². The lowest BCUT2D eigenvalue weighted by Crippen LogP contribution is -2.53. The molecule has 0 aromatic carbocycles. The fourth-order valence-electron chi connectivity index (χ4n) is 1.90. The number of hydrogen-bond donors (Lipinski definition) is 2. The number of nitrogens with one attached hydrogen (secondary N) is 1. The topological polar surface area (TPSA) is 69.6 Å². The van der Waals surface area contributed by atoms with Gasteiger partial charge in [-0.25, -0.2) is 9.59 Å². The lowest BCUT2D eigenvalue weighted by molar-refractivity contribution is -0.141. The highest BCUT2D eigenvalue weighted by Crippen LogP contribution is 2.16. The van der Waals surface area contributed by atoms with Crippen molar-refractivity contribution >= 4 is 35.5 Å². The minimum absolute atomic E-state index is 0.238. The molecule has 0 aliphatic carbocycles. The van der Waals surface area contributed by atoms with Gasteiger partial charge in [-0.1, -0.05) is 6.42 Å². The van der Waals surface area contributed by atoms with E-state index in [1.807, 2.05) is 11.8 Å². The van der Waals surface area contributed by atoms with Gasteiger partial charge < -0.3 is 15.3 Å². The zero-order chi connectivity index (χ0) is 14.1. The summed E-state index contributed by atoms with van der Waals surface area (Å²) in [6.45, 7) is 1.14. The minimum atomic E-state index is -0.915. The number of urea groups is 1. The largest absolute Gasteiger partial charge is 0.480 e. The number of thioether (sulfide) groups is 2. The summed E-state index contributed by atoms with van der Waals surface area (Å²) in [5.41, 5.74) is 0. The first-order valence-corrected chi connectivity index (χ1v) is 9.05. The van der Waals surface area contributed by atoms with Gasteiger partial charge in [-0.3, -0.25) is 0 Å². The van der Waals surface area contributed by atoms with Crippen molar-refractivity contribution in [3.63, 3.8) is 0 Å². The van der Waals surface area contributed by atoms with Crippen molar-refractivity contribution in [2.24, 2.45) is 0 Å². The van der Waals surface area contributed by atoms with Gasteiger partial charge >= 0.3 is 12.0 Å². The van der Waals surface area contributed by atoms with Gasteiger partial charge in [-0.05, 0) is 24.9 Å². The lowest BCUT2D eigenvalue weighted by atomic mass is 10.2. The molecular weight excluding hydrogens is 284 g/mol. The maximum Gasteiger partial charge on any atom is 0.327 e. The highest BCUT2D eigenvalue weighted by atomic mass is 32.2. The minimum Gasteiger partial charge on any atom is -0.480 e. The second-order valence-electron chi connectivity index (χ2n) is 4.41. The van der Waals surface area contributed by atoms with Crippen molar-refractivity contribution in [2.75, 3.05) is 36.6 Å². The van der Waals surface area contributed by atoms with Crippen molar-refractivity contribution in [2.45, 2.75) is 25.3 Å². The number of carbonyl (C=O) groups is 2. The van der Waals surface area contributed by atoms with Gasteiger partial charge in [0.15, 0.2) is 0 Å². The van der Waals surface area contributed by atoms with E-state index in [-0.39, 0.29) is 6.03 Å². The summed E-state index contributed by atoms with van der Waals surface area (Å²) in [5.74, 6) is 1.53. The van der Waals surface area contributed by atoms with E-state index in [1.165, 1.54) is 4.90 Å². The van der Waals surface area contributed by atoms with Gasteiger partial charge in [0.25, 0.3) is 0 Å². The maximum atomic E-state index is 11.9. The Hall–Kier alpha value is -0.560. The van der Waals surface area contributed by atoms with Crippen molar-refractivity contribution < 1.29 is 14.7 Å². The number of carboxylic acid groups (broad SMARTS) is 1. The third-order valence-electron chi connectivity index (χ3n) is 2.98. The molecule has 1 unspecified atom stereocenters. The van der Waals surface area contributed by atoms with E-state index < -0.39 is 12.0 Å². The molecule has 110 valence electrons. The van der Waals surface area contributed by atoms with Crippen LogP contribution in [0.3, 0.4) is 0 Å². The average molecular weight is 306 g/mol. The van der Waals surface area contributed by atoms with Crippen LogP contribution in [0.5, 0.6) is 0 Å². The van der Waals surface area contributed by atoms with Crippen LogP contribution in [-0.4, -0.2) is 64.7 Å². The average Bonchev–Trinajstić information content (AvgIpc) is 2.42. The van der Waals surface area contributed by atoms with Gasteiger partial charge in [-0.15, -0.1) is 0 Å². The number of aliphatic carboxylic acids is 1. The molecule has 0 spiro atoms. The Morgan fingerprint density at radius 3 is 2.89 bits per heavy atom. The Morgan fingerprint density at radius 2 is 2.21 bits per heavy atom. The molecule has 1 aliphatic rings. The predicted molar refractivity (Wildman–Crippen MR) is 81.1 cm³/mol. The number of nitrogens with zero attached hydrogens (tertiary/aromatic N) is 1. The first-order chi connectivity index (χ1) is 9.16. The van der Waals surface area contributed by atoms with Crippen LogP contribution in [-0.2, 0) is 4.79 Å². The molecule has 2 N–H and O–H groups in total. The molecule has 1 heterocycles.